The van der Waals surface area contributed by atoms with Gasteiger partial charge in [0.1, 0.15) is 5.75 Å². The van der Waals surface area contributed by atoms with E-state index in [1.807, 2.05) is 12.1 Å². The Labute approximate surface area is 124 Å². The summed E-state index contributed by atoms with van der Waals surface area (Å²) < 4.78 is 10.3. The number of carboxylic acids is 1. The first-order valence-electron chi connectivity index (χ1n) is 6.81. The van der Waals surface area contributed by atoms with Crippen molar-refractivity contribution in [2.45, 2.75) is 25.8 Å². The van der Waals surface area contributed by atoms with Crippen LogP contribution in [-0.4, -0.2) is 37.3 Å². The summed E-state index contributed by atoms with van der Waals surface area (Å²) in [5, 5.41) is 11.3. The number of amides is 1. The molecule has 0 aliphatic carbocycles. The Morgan fingerprint density at radius 2 is 1.86 bits per heavy atom. The van der Waals surface area contributed by atoms with Gasteiger partial charge in [0, 0.05) is 26.5 Å². The topological polar surface area (TPSA) is 84.9 Å². The fourth-order valence-corrected chi connectivity index (χ4v) is 1.60. The van der Waals surface area contributed by atoms with Crippen LogP contribution in [0.2, 0.25) is 0 Å². The second-order valence-corrected chi connectivity index (χ2v) is 4.51. The van der Waals surface area contributed by atoms with Crippen molar-refractivity contribution in [3.63, 3.8) is 0 Å². The molecule has 116 valence electrons. The van der Waals surface area contributed by atoms with Crippen molar-refractivity contribution in [1.82, 2.24) is 5.32 Å². The summed E-state index contributed by atoms with van der Waals surface area (Å²) in [6.45, 7) is 1.25. The fraction of sp³-hybridized carbons (Fsp3) is 0.467. The molecule has 2 N–H and O–H groups in total. The number of hydrogen-bond acceptors (Lipinski definition) is 4. The number of hydrogen-bond donors (Lipinski definition) is 2. The molecule has 0 aromatic heterocycles. The summed E-state index contributed by atoms with van der Waals surface area (Å²) in [6.07, 6.45) is 0.930. The maximum atomic E-state index is 11.4. The van der Waals surface area contributed by atoms with E-state index in [-0.39, 0.29) is 12.3 Å². The van der Waals surface area contributed by atoms with Crippen LogP contribution in [-0.2, 0) is 20.9 Å². The van der Waals surface area contributed by atoms with Crippen LogP contribution in [0.1, 0.15) is 24.8 Å². The molecule has 1 aromatic carbocycles. The SMILES string of the molecule is COCCC(=O)NCc1ccc(OCCCC(=O)O)cc1. The molecule has 6 heteroatoms. The molecule has 0 fully saturated rings. The molecular formula is C15H21NO5. The maximum Gasteiger partial charge on any atom is 0.303 e. The molecular weight excluding hydrogens is 274 g/mol. The molecule has 21 heavy (non-hydrogen) atoms. The third-order valence-corrected chi connectivity index (χ3v) is 2.75. The molecule has 0 aliphatic heterocycles. The monoisotopic (exact) mass is 295 g/mol. The number of rotatable bonds is 10. The highest BCUT2D eigenvalue weighted by molar-refractivity contribution is 5.75. The lowest BCUT2D eigenvalue weighted by Crippen LogP contribution is -2.23. The van der Waals surface area contributed by atoms with E-state index >= 15 is 0 Å². The largest absolute Gasteiger partial charge is 0.494 e. The minimum absolute atomic E-state index is 0.0501. The normalized spacial score (nSPS) is 10.1. The Morgan fingerprint density at radius 3 is 2.48 bits per heavy atom. The van der Waals surface area contributed by atoms with Crippen LogP contribution >= 0.6 is 0 Å². The molecule has 0 spiro atoms. The van der Waals surface area contributed by atoms with E-state index in [1.54, 1.807) is 19.2 Å². The van der Waals surface area contributed by atoms with E-state index in [0.717, 1.165) is 5.56 Å². The summed E-state index contributed by atoms with van der Waals surface area (Å²) in [7, 11) is 1.56. The number of benzene rings is 1. The van der Waals surface area contributed by atoms with E-state index in [2.05, 4.69) is 5.32 Å². The van der Waals surface area contributed by atoms with Gasteiger partial charge < -0.3 is 19.9 Å². The van der Waals surface area contributed by atoms with Crippen molar-refractivity contribution < 1.29 is 24.2 Å². The second-order valence-electron chi connectivity index (χ2n) is 4.51. The molecule has 0 radical (unpaired) electrons. The van der Waals surface area contributed by atoms with Crippen LogP contribution in [0, 0.1) is 0 Å². The van der Waals surface area contributed by atoms with Crippen LogP contribution in [0.4, 0.5) is 0 Å². The van der Waals surface area contributed by atoms with Gasteiger partial charge in [0.15, 0.2) is 0 Å². The van der Waals surface area contributed by atoms with Crippen molar-refractivity contribution in [2.75, 3.05) is 20.3 Å². The lowest BCUT2D eigenvalue weighted by atomic mass is 10.2. The summed E-state index contributed by atoms with van der Waals surface area (Å²) >= 11 is 0. The molecule has 0 aliphatic rings. The number of carbonyl (C=O) groups excluding carboxylic acids is 1. The number of carboxylic acid groups (broad SMARTS) is 1. The zero-order chi connectivity index (χ0) is 15.5. The van der Waals surface area contributed by atoms with Crippen LogP contribution in [0.15, 0.2) is 24.3 Å². The van der Waals surface area contributed by atoms with Gasteiger partial charge in [-0.3, -0.25) is 9.59 Å². The molecule has 0 bridgehead atoms. The van der Waals surface area contributed by atoms with Crippen molar-refractivity contribution in [2.24, 2.45) is 0 Å². The van der Waals surface area contributed by atoms with Crippen LogP contribution in [0.25, 0.3) is 0 Å². The molecule has 0 unspecified atom stereocenters. The first-order chi connectivity index (χ1) is 10.1. The van der Waals surface area contributed by atoms with Gasteiger partial charge in [0.05, 0.1) is 13.2 Å². The third kappa shape index (κ3) is 7.94. The van der Waals surface area contributed by atoms with E-state index in [9.17, 15) is 9.59 Å². The number of carbonyl (C=O) groups is 2. The third-order valence-electron chi connectivity index (χ3n) is 2.75. The second kappa shape index (κ2) is 9.77. The Bertz CT molecular complexity index is 444. The van der Waals surface area contributed by atoms with E-state index in [0.29, 0.717) is 38.3 Å². The molecule has 1 amide bonds. The molecule has 0 saturated carbocycles. The Morgan fingerprint density at radius 1 is 1.14 bits per heavy atom. The van der Waals surface area contributed by atoms with Gasteiger partial charge in [-0.15, -0.1) is 0 Å². The quantitative estimate of drug-likeness (QED) is 0.640. The highest BCUT2D eigenvalue weighted by Gasteiger charge is 2.02. The van der Waals surface area contributed by atoms with E-state index < -0.39 is 5.97 Å². The molecule has 1 aromatic rings. The number of nitrogens with one attached hydrogen (secondary N) is 1. The predicted octanol–water partition coefficient (Wildman–Crippen LogP) is 1.58. The summed E-state index contributed by atoms with van der Waals surface area (Å²) in [5.41, 5.74) is 0.971. The van der Waals surface area contributed by atoms with Crippen molar-refractivity contribution >= 4 is 11.9 Å². The van der Waals surface area contributed by atoms with Crippen LogP contribution in [0.5, 0.6) is 5.75 Å². The lowest BCUT2D eigenvalue weighted by Gasteiger charge is -2.08. The summed E-state index contributed by atoms with van der Waals surface area (Å²) in [5.74, 6) is -0.182. The van der Waals surface area contributed by atoms with Gasteiger partial charge in [0.2, 0.25) is 5.91 Å². The zero-order valence-corrected chi connectivity index (χ0v) is 12.1. The van der Waals surface area contributed by atoms with Gasteiger partial charge in [-0.25, -0.2) is 0 Å². The average molecular weight is 295 g/mol. The minimum Gasteiger partial charge on any atom is -0.494 e. The Kier molecular flexibility index (Phi) is 7.89. The van der Waals surface area contributed by atoms with E-state index in [1.165, 1.54) is 0 Å². The van der Waals surface area contributed by atoms with Crippen molar-refractivity contribution in [3.05, 3.63) is 29.8 Å². The van der Waals surface area contributed by atoms with Gasteiger partial charge in [-0.1, -0.05) is 12.1 Å². The number of methoxy groups -OCH3 is 1. The minimum atomic E-state index is -0.821. The number of ether oxygens (including phenoxy) is 2. The van der Waals surface area contributed by atoms with Gasteiger partial charge in [-0.2, -0.15) is 0 Å². The maximum absolute atomic E-state index is 11.4. The van der Waals surface area contributed by atoms with E-state index in [4.69, 9.17) is 14.6 Å². The van der Waals surface area contributed by atoms with Crippen LogP contribution < -0.4 is 10.1 Å². The van der Waals surface area contributed by atoms with Crippen molar-refractivity contribution in [1.29, 1.82) is 0 Å². The lowest BCUT2D eigenvalue weighted by molar-refractivity contribution is -0.137. The van der Waals surface area contributed by atoms with Crippen LogP contribution in [0.3, 0.4) is 0 Å². The summed E-state index contributed by atoms with van der Waals surface area (Å²) in [4.78, 5) is 21.8. The Hall–Kier alpha value is -2.08. The molecule has 6 nitrogen and oxygen atoms in total. The molecule has 0 saturated heterocycles. The zero-order valence-electron chi connectivity index (χ0n) is 12.1. The smallest absolute Gasteiger partial charge is 0.303 e. The van der Waals surface area contributed by atoms with Gasteiger partial charge in [-0.05, 0) is 24.1 Å². The van der Waals surface area contributed by atoms with Crippen molar-refractivity contribution in [3.8, 4) is 5.75 Å². The standard InChI is InChI=1S/C15H21NO5/c1-20-10-8-14(17)16-11-12-4-6-13(7-5-12)21-9-2-3-15(18)19/h4-7H,2-3,8-11H2,1H3,(H,16,17)(H,18,19). The predicted molar refractivity (Wildman–Crippen MR) is 77.1 cm³/mol. The average Bonchev–Trinajstić information content (AvgIpc) is 2.48. The highest BCUT2D eigenvalue weighted by atomic mass is 16.5. The highest BCUT2D eigenvalue weighted by Crippen LogP contribution is 2.12. The first-order valence-corrected chi connectivity index (χ1v) is 6.81. The molecule has 1 rings (SSSR count). The first kappa shape index (κ1) is 17.0. The fourth-order valence-electron chi connectivity index (χ4n) is 1.60. The molecule has 0 heterocycles. The number of aliphatic carboxylic acids is 1. The molecule has 0 atom stereocenters. The Balaban J connectivity index is 2.26. The van der Waals surface area contributed by atoms with Gasteiger partial charge in [0.25, 0.3) is 0 Å². The summed E-state index contributed by atoms with van der Waals surface area (Å²) in [6, 6.07) is 7.33. The van der Waals surface area contributed by atoms with Gasteiger partial charge >= 0.3 is 5.97 Å².